The Bertz CT molecular complexity index is 493. The Balaban J connectivity index is 1.70. The first-order valence-corrected chi connectivity index (χ1v) is 8.47. The Kier molecular flexibility index (Phi) is 5.63. The largest absolute Gasteiger partial charge is 0.342 e. The van der Waals surface area contributed by atoms with Crippen LogP contribution in [0, 0.1) is 12.3 Å². The third-order valence-corrected chi connectivity index (χ3v) is 4.89. The van der Waals surface area contributed by atoms with E-state index in [-0.39, 0.29) is 11.5 Å². The Morgan fingerprint density at radius 2 is 1.95 bits per heavy atom. The molecule has 1 aliphatic rings. The second-order valence-electron chi connectivity index (χ2n) is 7.39. The topological polar surface area (TPSA) is 46.3 Å². The molecule has 1 saturated heterocycles. The number of piperidine rings is 1. The first kappa shape index (κ1) is 17.0. The molecule has 1 amide bonds. The van der Waals surface area contributed by atoms with Gasteiger partial charge in [0, 0.05) is 25.6 Å². The molecule has 1 unspecified atom stereocenters. The molecule has 0 spiro atoms. The molecule has 1 aromatic carbocycles. The molecule has 2 rings (SSSR count). The van der Waals surface area contributed by atoms with Gasteiger partial charge in [0.25, 0.3) is 0 Å². The number of amides is 1. The molecule has 1 fully saturated rings. The van der Waals surface area contributed by atoms with Crippen molar-refractivity contribution < 1.29 is 4.79 Å². The van der Waals surface area contributed by atoms with Crippen LogP contribution in [0.1, 0.15) is 50.7 Å². The van der Waals surface area contributed by atoms with Crippen LogP contribution in [0.3, 0.4) is 0 Å². The number of hydrogen-bond acceptors (Lipinski definition) is 2. The van der Waals surface area contributed by atoms with Gasteiger partial charge in [-0.15, -0.1) is 0 Å². The lowest BCUT2D eigenvalue weighted by Gasteiger charge is -2.42. The SMILES string of the molecule is Cc1ccc(CCCCC(=O)N2CCC(N)C(C)(C)C2)cc1. The van der Waals surface area contributed by atoms with Gasteiger partial charge in [-0.3, -0.25) is 4.79 Å². The lowest BCUT2D eigenvalue weighted by atomic mass is 9.79. The molecular formula is C19H30N2O. The van der Waals surface area contributed by atoms with E-state index in [0.717, 1.165) is 38.8 Å². The minimum Gasteiger partial charge on any atom is -0.342 e. The van der Waals surface area contributed by atoms with Crippen molar-refractivity contribution in [1.82, 2.24) is 4.90 Å². The van der Waals surface area contributed by atoms with Crippen molar-refractivity contribution in [2.45, 2.75) is 58.9 Å². The van der Waals surface area contributed by atoms with Gasteiger partial charge >= 0.3 is 0 Å². The molecule has 0 bridgehead atoms. The van der Waals surface area contributed by atoms with E-state index in [0.29, 0.717) is 12.3 Å². The molecule has 3 nitrogen and oxygen atoms in total. The smallest absolute Gasteiger partial charge is 0.222 e. The Labute approximate surface area is 134 Å². The molecule has 0 aromatic heterocycles. The lowest BCUT2D eigenvalue weighted by Crippen LogP contribution is -2.53. The van der Waals surface area contributed by atoms with Crippen molar-refractivity contribution in [3.63, 3.8) is 0 Å². The van der Waals surface area contributed by atoms with Crippen LogP contribution < -0.4 is 5.73 Å². The number of carbonyl (C=O) groups is 1. The summed E-state index contributed by atoms with van der Waals surface area (Å²) in [4.78, 5) is 14.3. The summed E-state index contributed by atoms with van der Waals surface area (Å²) in [7, 11) is 0. The van der Waals surface area contributed by atoms with E-state index < -0.39 is 0 Å². The van der Waals surface area contributed by atoms with E-state index in [9.17, 15) is 4.79 Å². The van der Waals surface area contributed by atoms with Gasteiger partial charge < -0.3 is 10.6 Å². The fraction of sp³-hybridized carbons (Fsp3) is 0.632. The number of unbranched alkanes of at least 4 members (excludes halogenated alkanes) is 1. The zero-order chi connectivity index (χ0) is 16.2. The number of benzene rings is 1. The van der Waals surface area contributed by atoms with Crippen LogP contribution in [0.25, 0.3) is 0 Å². The lowest BCUT2D eigenvalue weighted by molar-refractivity contribution is -0.134. The van der Waals surface area contributed by atoms with Crippen LogP contribution in [0.5, 0.6) is 0 Å². The highest BCUT2D eigenvalue weighted by atomic mass is 16.2. The van der Waals surface area contributed by atoms with Crippen LogP contribution >= 0.6 is 0 Å². The van der Waals surface area contributed by atoms with E-state index >= 15 is 0 Å². The molecule has 22 heavy (non-hydrogen) atoms. The summed E-state index contributed by atoms with van der Waals surface area (Å²) in [6.07, 6.45) is 4.68. The number of likely N-dealkylation sites (tertiary alicyclic amines) is 1. The van der Waals surface area contributed by atoms with E-state index in [1.165, 1.54) is 11.1 Å². The van der Waals surface area contributed by atoms with Crippen molar-refractivity contribution in [3.8, 4) is 0 Å². The molecule has 0 radical (unpaired) electrons. The third kappa shape index (κ3) is 4.57. The molecule has 1 aliphatic heterocycles. The van der Waals surface area contributed by atoms with Crippen molar-refractivity contribution >= 4 is 5.91 Å². The second-order valence-corrected chi connectivity index (χ2v) is 7.39. The Hall–Kier alpha value is -1.35. The Morgan fingerprint density at radius 1 is 1.27 bits per heavy atom. The van der Waals surface area contributed by atoms with Crippen LogP contribution in [0.15, 0.2) is 24.3 Å². The van der Waals surface area contributed by atoms with E-state index in [2.05, 4.69) is 45.0 Å². The summed E-state index contributed by atoms with van der Waals surface area (Å²) < 4.78 is 0. The third-order valence-electron chi connectivity index (χ3n) is 4.89. The van der Waals surface area contributed by atoms with Gasteiger partial charge in [0.15, 0.2) is 0 Å². The summed E-state index contributed by atoms with van der Waals surface area (Å²) in [5.74, 6) is 0.295. The summed E-state index contributed by atoms with van der Waals surface area (Å²) >= 11 is 0. The minimum atomic E-state index is 0.0375. The number of nitrogens with zero attached hydrogens (tertiary/aromatic N) is 1. The van der Waals surface area contributed by atoms with E-state index in [1.54, 1.807) is 0 Å². The number of hydrogen-bond donors (Lipinski definition) is 1. The maximum atomic E-state index is 12.3. The average Bonchev–Trinajstić information content (AvgIpc) is 2.48. The first-order chi connectivity index (χ1) is 10.4. The van der Waals surface area contributed by atoms with Gasteiger partial charge in [-0.2, -0.15) is 0 Å². The summed E-state index contributed by atoms with van der Waals surface area (Å²) in [6.45, 7) is 8.05. The maximum Gasteiger partial charge on any atom is 0.222 e. The fourth-order valence-corrected chi connectivity index (χ4v) is 3.10. The molecular weight excluding hydrogens is 272 g/mol. The van der Waals surface area contributed by atoms with Gasteiger partial charge in [-0.1, -0.05) is 43.7 Å². The van der Waals surface area contributed by atoms with Crippen molar-refractivity contribution in [1.29, 1.82) is 0 Å². The van der Waals surface area contributed by atoms with Crippen molar-refractivity contribution in [2.24, 2.45) is 11.1 Å². The van der Waals surface area contributed by atoms with Crippen molar-refractivity contribution in [3.05, 3.63) is 35.4 Å². The molecule has 0 aliphatic carbocycles. The molecule has 0 saturated carbocycles. The quantitative estimate of drug-likeness (QED) is 0.848. The summed E-state index contributed by atoms with van der Waals surface area (Å²) in [6, 6.07) is 8.88. The predicted octanol–water partition coefficient (Wildman–Crippen LogP) is 3.29. The van der Waals surface area contributed by atoms with Gasteiger partial charge in [-0.25, -0.2) is 0 Å². The minimum absolute atomic E-state index is 0.0375. The van der Waals surface area contributed by atoms with Crippen LogP contribution in [-0.2, 0) is 11.2 Å². The number of nitrogens with two attached hydrogens (primary N) is 1. The predicted molar refractivity (Wildman–Crippen MR) is 91.7 cm³/mol. The normalized spacial score (nSPS) is 20.9. The van der Waals surface area contributed by atoms with Crippen LogP contribution in [0.2, 0.25) is 0 Å². The van der Waals surface area contributed by atoms with E-state index in [4.69, 9.17) is 5.73 Å². The molecule has 1 heterocycles. The van der Waals surface area contributed by atoms with Crippen LogP contribution in [-0.4, -0.2) is 29.9 Å². The van der Waals surface area contributed by atoms with E-state index in [1.807, 2.05) is 4.90 Å². The standard InChI is InChI=1S/C19H30N2O/c1-15-8-10-16(11-9-15)6-4-5-7-18(22)21-13-12-17(20)19(2,3)14-21/h8-11,17H,4-7,12-14,20H2,1-3H3. The Morgan fingerprint density at radius 3 is 2.59 bits per heavy atom. The maximum absolute atomic E-state index is 12.3. The highest BCUT2D eigenvalue weighted by molar-refractivity contribution is 5.76. The average molecular weight is 302 g/mol. The molecule has 122 valence electrons. The van der Waals surface area contributed by atoms with Crippen LogP contribution in [0.4, 0.5) is 0 Å². The van der Waals surface area contributed by atoms with Gasteiger partial charge in [0.05, 0.1) is 0 Å². The van der Waals surface area contributed by atoms with Gasteiger partial charge in [0.2, 0.25) is 5.91 Å². The fourth-order valence-electron chi connectivity index (χ4n) is 3.10. The highest BCUT2D eigenvalue weighted by Gasteiger charge is 2.34. The number of carbonyl (C=O) groups excluding carboxylic acids is 1. The monoisotopic (exact) mass is 302 g/mol. The number of aryl methyl sites for hydroxylation is 2. The summed E-state index contributed by atoms with van der Waals surface area (Å²) in [5.41, 5.74) is 8.83. The second kappa shape index (κ2) is 7.28. The molecule has 2 N–H and O–H groups in total. The van der Waals surface area contributed by atoms with Gasteiger partial charge in [-0.05, 0) is 43.6 Å². The summed E-state index contributed by atoms with van der Waals surface area (Å²) in [5, 5.41) is 0. The molecule has 1 atom stereocenters. The molecule has 3 heteroatoms. The first-order valence-electron chi connectivity index (χ1n) is 8.47. The highest BCUT2D eigenvalue weighted by Crippen LogP contribution is 2.28. The van der Waals surface area contributed by atoms with Gasteiger partial charge in [0.1, 0.15) is 0 Å². The zero-order valence-corrected chi connectivity index (χ0v) is 14.3. The molecule has 1 aromatic rings. The zero-order valence-electron chi connectivity index (χ0n) is 14.3. The van der Waals surface area contributed by atoms with Crippen molar-refractivity contribution in [2.75, 3.05) is 13.1 Å². The number of rotatable bonds is 5.